The maximum atomic E-state index is 13.6. The quantitative estimate of drug-likeness (QED) is 0.164. The van der Waals surface area contributed by atoms with Crippen LogP contribution in [-0.2, 0) is 15.9 Å². The van der Waals surface area contributed by atoms with Gasteiger partial charge in [-0.3, -0.25) is 14.3 Å². The smallest absolute Gasteiger partial charge is 0.407 e. The average molecular weight is 719 g/mol. The molecule has 1 aromatic carbocycles. The monoisotopic (exact) mass is 718 g/mol. The van der Waals surface area contributed by atoms with Gasteiger partial charge in [0.1, 0.15) is 16.3 Å². The van der Waals surface area contributed by atoms with Gasteiger partial charge in [-0.25, -0.2) is 14.6 Å². The van der Waals surface area contributed by atoms with Crippen LogP contribution < -0.4 is 21.2 Å². The number of rotatable bonds is 13. The molecule has 1 unspecified atom stereocenters. The number of aromatic carboxylic acids is 1. The second kappa shape index (κ2) is 16.7. The number of alkyl carbamates (subject to hydrolysis) is 1. The number of nitrogens with one attached hydrogen (secondary N) is 4. The number of carbonyl (C=O) groups excluding carboxylic acids is 3. The minimum absolute atomic E-state index is 0.0666. The van der Waals surface area contributed by atoms with Crippen molar-refractivity contribution in [2.75, 3.05) is 26.7 Å². The number of carbonyl (C=O) groups is 4. The van der Waals surface area contributed by atoms with E-state index >= 15 is 0 Å². The zero-order valence-corrected chi connectivity index (χ0v) is 29.9. The van der Waals surface area contributed by atoms with Crippen molar-refractivity contribution >= 4 is 42.8 Å². The van der Waals surface area contributed by atoms with Crippen molar-refractivity contribution in [3.8, 4) is 10.6 Å². The molecule has 2 aromatic heterocycles. The van der Waals surface area contributed by atoms with Gasteiger partial charge < -0.3 is 40.6 Å². The van der Waals surface area contributed by atoms with Crippen LogP contribution in [0.3, 0.4) is 0 Å². The van der Waals surface area contributed by atoms with Gasteiger partial charge in [0, 0.05) is 67.7 Å². The maximum Gasteiger partial charge on any atom is 0.407 e. The van der Waals surface area contributed by atoms with Crippen LogP contribution in [0, 0.1) is 0 Å². The van der Waals surface area contributed by atoms with E-state index in [1.807, 2.05) is 32.9 Å². The van der Waals surface area contributed by atoms with E-state index in [0.29, 0.717) is 37.7 Å². The highest BCUT2D eigenvalue weighted by Gasteiger charge is 2.31. The van der Waals surface area contributed by atoms with Gasteiger partial charge in [-0.15, -0.1) is 11.3 Å². The molecule has 0 saturated carbocycles. The molecule has 270 valence electrons. The molecule has 1 fully saturated rings. The summed E-state index contributed by atoms with van der Waals surface area (Å²) in [6.07, 6.45) is 9.16. The number of benzene rings is 1. The molecule has 1 saturated heterocycles. The summed E-state index contributed by atoms with van der Waals surface area (Å²) in [5.41, 5.74) is 2.27. The largest absolute Gasteiger partial charge is 0.478 e. The van der Waals surface area contributed by atoms with Crippen LogP contribution in [0.1, 0.15) is 71.2 Å². The lowest BCUT2D eigenvalue weighted by Gasteiger charge is -2.40. The Bertz CT molecular complexity index is 1800. The molecular weight excluding hydrogens is 675 g/mol. The Kier molecular flexibility index (Phi) is 12.2. The van der Waals surface area contributed by atoms with Gasteiger partial charge in [0.05, 0.1) is 29.9 Å². The molecular formula is C34H43BN8O7S. The van der Waals surface area contributed by atoms with Gasteiger partial charge >= 0.3 is 19.7 Å². The summed E-state index contributed by atoms with van der Waals surface area (Å²) in [6.45, 7) is 7.42. The zero-order chi connectivity index (χ0) is 36.5. The van der Waals surface area contributed by atoms with Crippen molar-refractivity contribution in [3.05, 3.63) is 82.4 Å². The third-order valence-corrected chi connectivity index (χ3v) is 9.03. The summed E-state index contributed by atoms with van der Waals surface area (Å²) in [7, 11) is 1.93. The first-order valence-corrected chi connectivity index (χ1v) is 17.6. The predicted octanol–water partition coefficient (Wildman–Crippen LogP) is 2.90. The van der Waals surface area contributed by atoms with Gasteiger partial charge in [-0.1, -0.05) is 12.1 Å². The number of allylic oxidation sites excluding steroid dienone is 2. The molecule has 3 aromatic rings. The van der Waals surface area contributed by atoms with Crippen LogP contribution >= 0.6 is 11.3 Å². The maximum absolute atomic E-state index is 13.6. The third-order valence-electron chi connectivity index (χ3n) is 8.14. The Labute approximate surface area is 300 Å². The van der Waals surface area contributed by atoms with Gasteiger partial charge in [-0.2, -0.15) is 5.10 Å². The van der Waals surface area contributed by atoms with Crippen LogP contribution in [0.4, 0.5) is 4.79 Å². The first kappa shape index (κ1) is 37.1. The van der Waals surface area contributed by atoms with Crippen molar-refractivity contribution in [1.82, 2.24) is 40.8 Å². The van der Waals surface area contributed by atoms with E-state index < -0.39 is 23.6 Å². The molecule has 3 heterocycles. The fraction of sp³-hybridized carbons (Fsp3) is 0.412. The van der Waals surface area contributed by atoms with E-state index in [2.05, 4.69) is 36.2 Å². The number of nitrogens with zero attached hydrogens (tertiary/aromatic N) is 4. The van der Waals surface area contributed by atoms with Crippen LogP contribution in [0.15, 0.2) is 65.6 Å². The van der Waals surface area contributed by atoms with E-state index in [-0.39, 0.29) is 41.4 Å². The fourth-order valence-electron chi connectivity index (χ4n) is 5.83. The molecule has 0 bridgehead atoms. The number of likely N-dealkylation sites (tertiary alicyclic amines) is 1. The van der Waals surface area contributed by atoms with Crippen molar-refractivity contribution in [1.29, 1.82) is 0 Å². The van der Waals surface area contributed by atoms with Gasteiger partial charge in [-0.05, 0) is 57.9 Å². The number of hydrogen-bond donors (Lipinski definition) is 5. The van der Waals surface area contributed by atoms with Gasteiger partial charge in [0.2, 0.25) is 0 Å². The van der Waals surface area contributed by atoms with Crippen molar-refractivity contribution in [2.24, 2.45) is 0 Å². The standard InChI is InChI=1S/C34H43BN8O7S/c1-34(2,3)50-33(48)38-23-8-7-14-42(19-23)28-12-11-22(41-35-49-4)16-26(28)39-30(45)27-20-51-31(40-27)21-17-37-43(18-21)15-13-36-29(44)24-9-5-6-10-25(24)32(46)47/h5-6,9-12,17-18,20,23,26,35,41H,7-8,13-16,19H2,1-4H3,(H,36,44)(H,38,48)(H,39,45)(H,46,47)/t23-,26?/m1/s1. The number of piperidine rings is 1. The summed E-state index contributed by atoms with van der Waals surface area (Å²) >= 11 is 1.32. The number of carboxylic acid groups (broad SMARTS) is 1. The summed E-state index contributed by atoms with van der Waals surface area (Å²) in [4.78, 5) is 56.9. The number of ether oxygens (including phenoxy) is 1. The van der Waals surface area contributed by atoms with E-state index in [0.717, 1.165) is 30.8 Å². The Morgan fingerprint density at radius 2 is 1.88 bits per heavy atom. The summed E-state index contributed by atoms with van der Waals surface area (Å²) in [5, 5.41) is 28.2. The Balaban J connectivity index is 1.20. The lowest BCUT2D eigenvalue weighted by molar-refractivity contribution is 0.0478. The third kappa shape index (κ3) is 10.2. The number of aromatic nitrogens is 3. The molecule has 5 rings (SSSR count). The number of thiazole rings is 1. The highest BCUT2D eigenvalue weighted by atomic mass is 32.1. The Hall–Kier alpha value is -5.16. The zero-order valence-electron chi connectivity index (χ0n) is 29.1. The molecule has 15 nitrogen and oxygen atoms in total. The number of hydrogen-bond acceptors (Lipinski definition) is 11. The fourth-order valence-corrected chi connectivity index (χ4v) is 6.61. The van der Waals surface area contributed by atoms with Crippen LogP contribution in [0.25, 0.3) is 10.6 Å². The minimum Gasteiger partial charge on any atom is -0.478 e. The highest BCUT2D eigenvalue weighted by Crippen LogP contribution is 2.27. The molecule has 1 aliphatic carbocycles. The van der Waals surface area contributed by atoms with Gasteiger partial charge in [0.15, 0.2) is 0 Å². The molecule has 3 amide bonds. The first-order chi connectivity index (χ1) is 24.4. The van der Waals surface area contributed by atoms with E-state index in [1.165, 1.54) is 23.5 Å². The summed E-state index contributed by atoms with van der Waals surface area (Å²) < 4.78 is 12.3. The lowest BCUT2D eigenvalue weighted by Crippen LogP contribution is -2.52. The van der Waals surface area contributed by atoms with Crippen molar-refractivity contribution in [2.45, 2.75) is 64.3 Å². The Morgan fingerprint density at radius 1 is 1.10 bits per heavy atom. The minimum atomic E-state index is -1.17. The summed E-state index contributed by atoms with van der Waals surface area (Å²) in [6, 6.07) is 5.58. The lowest BCUT2D eigenvalue weighted by atomic mass is 9.96. The first-order valence-electron chi connectivity index (χ1n) is 16.7. The second-order valence-electron chi connectivity index (χ2n) is 13.2. The predicted molar refractivity (Wildman–Crippen MR) is 192 cm³/mol. The molecule has 0 radical (unpaired) electrons. The van der Waals surface area contributed by atoms with Crippen molar-refractivity contribution < 1.29 is 33.7 Å². The molecule has 0 spiro atoms. The Morgan fingerprint density at radius 3 is 2.63 bits per heavy atom. The number of amides is 3. The average Bonchev–Trinajstić information content (AvgIpc) is 3.77. The topological polar surface area (TPSA) is 189 Å². The molecule has 1 aliphatic heterocycles. The molecule has 2 aliphatic rings. The SMILES string of the molecule is COBNC1=CC=C(N2CCC[C@@H](NC(=O)OC(C)(C)C)C2)C(NC(=O)c2csc(-c3cnn(CCNC(=O)c4ccccc4C(=O)O)c3)n2)C1. The highest BCUT2D eigenvalue weighted by molar-refractivity contribution is 7.13. The second-order valence-corrected chi connectivity index (χ2v) is 14.0. The summed E-state index contributed by atoms with van der Waals surface area (Å²) in [5.74, 6) is -1.98. The molecule has 2 atom stereocenters. The van der Waals surface area contributed by atoms with Crippen LogP contribution in [0.2, 0.25) is 0 Å². The number of carboxylic acids is 1. The molecule has 51 heavy (non-hydrogen) atoms. The normalized spacial score (nSPS) is 17.5. The molecule has 5 N–H and O–H groups in total. The van der Waals surface area contributed by atoms with E-state index in [4.69, 9.17) is 9.39 Å². The molecule has 17 heteroatoms. The van der Waals surface area contributed by atoms with Crippen LogP contribution in [-0.4, -0.2) is 101 Å². The van der Waals surface area contributed by atoms with E-state index in [1.54, 1.807) is 41.7 Å². The van der Waals surface area contributed by atoms with Crippen LogP contribution in [0.5, 0.6) is 0 Å². The van der Waals surface area contributed by atoms with Gasteiger partial charge in [0.25, 0.3) is 11.8 Å². The van der Waals surface area contributed by atoms with Crippen molar-refractivity contribution in [3.63, 3.8) is 0 Å². The van der Waals surface area contributed by atoms with E-state index in [9.17, 15) is 24.3 Å².